The molecule has 1 N–H and O–H groups in total. The van der Waals surface area contributed by atoms with Crippen molar-refractivity contribution < 1.29 is 23.9 Å². The molecule has 1 aliphatic rings. The second-order valence-electron chi connectivity index (χ2n) is 7.67. The third kappa shape index (κ3) is 7.64. The SMILES string of the molecule is CCOC(=O)Oc1ccc(C(=O)NCC2CCN(C(=O)/C=C/c3ccc(Cl)cc3)CC2)cc1. The first kappa shape index (κ1) is 24.3. The van der Waals surface area contributed by atoms with E-state index in [9.17, 15) is 14.4 Å². The summed E-state index contributed by atoms with van der Waals surface area (Å²) in [7, 11) is 0. The van der Waals surface area contributed by atoms with Gasteiger partial charge in [-0.05, 0) is 73.7 Å². The third-order valence-corrected chi connectivity index (χ3v) is 5.60. The first-order valence-corrected chi connectivity index (χ1v) is 11.3. The van der Waals surface area contributed by atoms with E-state index in [0.29, 0.717) is 41.9 Å². The molecule has 1 fully saturated rings. The molecule has 1 aliphatic heterocycles. The quantitative estimate of drug-likeness (QED) is 0.364. The number of hydrogen-bond donors (Lipinski definition) is 1. The smallest absolute Gasteiger partial charge is 0.434 e. The molecule has 0 saturated carbocycles. The lowest BCUT2D eigenvalue weighted by Crippen LogP contribution is -2.40. The van der Waals surface area contributed by atoms with Gasteiger partial charge in [-0.25, -0.2) is 4.79 Å². The van der Waals surface area contributed by atoms with Crippen molar-refractivity contribution in [3.63, 3.8) is 0 Å². The molecule has 0 atom stereocenters. The number of carbonyl (C=O) groups excluding carboxylic acids is 3. The molecule has 0 aromatic heterocycles. The van der Waals surface area contributed by atoms with Crippen molar-refractivity contribution in [3.05, 3.63) is 70.8 Å². The van der Waals surface area contributed by atoms with Gasteiger partial charge in [-0.15, -0.1) is 0 Å². The number of rotatable bonds is 7. The fraction of sp³-hybridized carbons (Fsp3) is 0.320. The maximum Gasteiger partial charge on any atom is 0.513 e. The molecular formula is C25H27ClN2O5. The molecule has 174 valence electrons. The van der Waals surface area contributed by atoms with Gasteiger partial charge in [-0.3, -0.25) is 9.59 Å². The van der Waals surface area contributed by atoms with E-state index in [1.54, 1.807) is 55.5 Å². The number of halogens is 1. The van der Waals surface area contributed by atoms with Crippen LogP contribution in [-0.2, 0) is 9.53 Å². The number of carbonyl (C=O) groups is 3. The summed E-state index contributed by atoms with van der Waals surface area (Å²) in [5, 5.41) is 3.60. The zero-order chi connectivity index (χ0) is 23.6. The standard InChI is InChI=1S/C25H27ClN2O5/c1-2-32-25(31)33-22-10-6-20(7-11-22)24(30)27-17-19-13-15-28(16-14-19)23(29)12-5-18-3-8-21(26)9-4-18/h3-12,19H,2,13-17H2,1H3,(H,27,30)/b12-5+. The fourth-order valence-electron chi connectivity index (χ4n) is 3.46. The van der Waals surface area contributed by atoms with Crippen LogP contribution < -0.4 is 10.1 Å². The van der Waals surface area contributed by atoms with Crippen molar-refractivity contribution in [2.75, 3.05) is 26.2 Å². The summed E-state index contributed by atoms with van der Waals surface area (Å²) < 4.78 is 9.70. The average molecular weight is 471 g/mol. The van der Waals surface area contributed by atoms with Crippen LogP contribution in [0, 0.1) is 5.92 Å². The summed E-state index contributed by atoms with van der Waals surface area (Å²) in [4.78, 5) is 38.0. The van der Waals surface area contributed by atoms with Crippen molar-refractivity contribution >= 4 is 35.6 Å². The van der Waals surface area contributed by atoms with Gasteiger partial charge in [0.05, 0.1) is 6.61 Å². The third-order valence-electron chi connectivity index (χ3n) is 5.35. The Hall–Kier alpha value is -3.32. The Balaban J connectivity index is 1.40. The first-order chi connectivity index (χ1) is 15.9. The van der Waals surface area contributed by atoms with Gasteiger partial charge in [0.1, 0.15) is 5.75 Å². The van der Waals surface area contributed by atoms with Crippen LogP contribution in [0.25, 0.3) is 6.08 Å². The van der Waals surface area contributed by atoms with Crippen LogP contribution in [0.2, 0.25) is 5.02 Å². The van der Waals surface area contributed by atoms with Gasteiger partial charge < -0.3 is 19.7 Å². The number of nitrogens with zero attached hydrogens (tertiary/aromatic N) is 1. The topological polar surface area (TPSA) is 84.9 Å². The van der Waals surface area contributed by atoms with Crippen molar-refractivity contribution in [2.24, 2.45) is 5.92 Å². The minimum absolute atomic E-state index is 0.0161. The van der Waals surface area contributed by atoms with Crippen LogP contribution in [-0.4, -0.2) is 49.1 Å². The second-order valence-corrected chi connectivity index (χ2v) is 8.11. The largest absolute Gasteiger partial charge is 0.513 e. The molecule has 33 heavy (non-hydrogen) atoms. The molecule has 3 rings (SSSR count). The molecule has 1 saturated heterocycles. The Bertz CT molecular complexity index is 981. The fourth-order valence-corrected chi connectivity index (χ4v) is 3.59. The highest BCUT2D eigenvalue weighted by molar-refractivity contribution is 6.30. The molecule has 0 aliphatic carbocycles. The molecule has 0 unspecified atom stereocenters. The summed E-state index contributed by atoms with van der Waals surface area (Å²) in [5.74, 6) is 0.413. The average Bonchev–Trinajstić information content (AvgIpc) is 2.83. The minimum atomic E-state index is -0.778. The highest BCUT2D eigenvalue weighted by Gasteiger charge is 2.22. The van der Waals surface area contributed by atoms with Crippen LogP contribution >= 0.6 is 11.6 Å². The van der Waals surface area contributed by atoms with E-state index in [2.05, 4.69) is 5.32 Å². The molecule has 8 heteroatoms. The van der Waals surface area contributed by atoms with E-state index in [1.165, 1.54) is 0 Å². The van der Waals surface area contributed by atoms with Crippen LogP contribution in [0.1, 0.15) is 35.7 Å². The molecular weight excluding hydrogens is 444 g/mol. The lowest BCUT2D eigenvalue weighted by Gasteiger charge is -2.31. The zero-order valence-electron chi connectivity index (χ0n) is 18.5. The number of benzene rings is 2. The lowest BCUT2D eigenvalue weighted by molar-refractivity contribution is -0.127. The number of likely N-dealkylation sites (tertiary alicyclic amines) is 1. The highest BCUT2D eigenvalue weighted by Crippen LogP contribution is 2.18. The molecule has 0 bridgehead atoms. The predicted octanol–water partition coefficient (Wildman–Crippen LogP) is 4.56. The number of piperidine rings is 1. The monoisotopic (exact) mass is 470 g/mol. The predicted molar refractivity (Wildman–Crippen MR) is 126 cm³/mol. The summed E-state index contributed by atoms with van der Waals surface area (Å²) >= 11 is 5.88. The molecule has 2 aromatic carbocycles. The summed E-state index contributed by atoms with van der Waals surface area (Å²) in [6.45, 7) is 3.78. The minimum Gasteiger partial charge on any atom is -0.434 e. The van der Waals surface area contributed by atoms with Gasteiger partial charge in [0.25, 0.3) is 5.91 Å². The van der Waals surface area contributed by atoms with E-state index < -0.39 is 6.16 Å². The van der Waals surface area contributed by atoms with Gasteiger partial charge in [0, 0.05) is 36.3 Å². The summed E-state index contributed by atoms with van der Waals surface area (Å²) in [6, 6.07) is 13.6. The molecule has 0 spiro atoms. The second kappa shape index (κ2) is 12.1. The molecule has 2 amide bonds. The molecule has 7 nitrogen and oxygen atoms in total. The van der Waals surface area contributed by atoms with E-state index >= 15 is 0 Å². The Morgan fingerprint density at radius 2 is 1.73 bits per heavy atom. The summed E-state index contributed by atoms with van der Waals surface area (Å²) in [6.07, 6.45) is 4.24. The maximum atomic E-state index is 12.4. The van der Waals surface area contributed by atoms with Crippen molar-refractivity contribution in [3.8, 4) is 5.75 Å². The van der Waals surface area contributed by atoms with E-state index in [0.717, 1.165) is 18.4 Å². The number of ether oxygens (including phenoxy) is 2. The van der Waals surface area contributed by atoms with Gasteiger partial charge in [-0.1, -0.05) is 23.7 Å². The molecule has 2 aromatic rings. The van der Waals surface area contributed by atoms with Crippen LogP contribution in [0.4, 0.5) is 4.79 Å². The van der Waals surface area contributed by atoms with Crippen molar-refractivity contribution in [1.82, 2.24) is 10.2 Å². The highest BCUT2D eigenvalue weighted by atomic mass is 35.5. The number of amides is 2. The molecule has 1 heterocycles. The first-order valence-electron chi connectivity index (χ1n) is 10.9. The maximum absolute atomic E-state index is 12.4. The Morgan fingerprint density at radius 3 is 2.36 bits per heavy atom. The Morgan fingerprint density at radius 1 is 1.06 bits per heavy atom. The molecule has 0 radical (unpaired) electrons. The number of hydrogen-bond acceptors (Lipinski definition) is 5. The van der Waals surface area contributed by atoms with E-state index in [1.807, 2.05) is 17.0 Å². The van der Waals surface area contributed by atoms with Gasteiger partial charge in [0.15, 0.2) is 0 Å². The van der Waals surface area contributed by atoms with Crippen LogP contribution in [0.5, 0.6) is 5.75 Å². The van der Waals surface area contributed by atoms with Crippen LogP contribution in [0.15, 0.2) is 54.6 Å². The van der Waals surface area contributed by atoms with Gasteiger partial charge in [-0.2, -0.15) is 0 Å². The van der Waals surface area contributed by atoms with Gasteiger partial charge in [0.2, 0.25) is 5.91 Å². The van der Waals surface area contributed by atoms with E-state index in [-0.39, 0.29) is 18.4 Å². The summed E-state index contributed by atoms with van der Waals surface area (Å²) in [5.41, 5.74) is 1.40. The van der Waals surface area contributed by atoms with Crippen molar-refractivity contribution in [1.29, 1.82) is 0 Å². The van der Waals surface area contributed by atoms with Crippen molar-refractivity contribution in [2.45, 2.75) is 19.8 Å². The lowest BCUT2D eigenvalue weighted by atomic mass is 9.96. The Labute approximate surface area is 198 Å². The van der Waals surface area contributed by atoms with Gasteiger partial charge >= 0.3 is 6.16 Å². The zero-order valence-corrected chi connectivity index (χ0v) is 19.2. The van der Waals surface area contributed by atoms with Crippen LogP contribution in [0.3, 0.4) is 0 Å². The number of nitrogens with one attached hydrogen (secondary N) is 1. The Kier molecular flexibility index (Phi) is 8.89. The normalized spacial score (nSPS) is 14.2. The van der Waals surface area contributed by atoms with E-state index in [4.69, 9.17) is 21.1 Å².